The van der Waals surface area contributed by atoms with Crippen molar-refractivity contribution >= 4 is 0 Å². The molecular formula is C40H77NO2. The molecule has 0 radical (unpaired) electrons. The number of nitrogens with one attached hydrogen (secondary N) is 1. The van der Waals surface area contributed by atoms with E-state index in [9.17, 15) is 0 Å². The van der Waals surface area contributed by atoms with E-state index in [1.54, 1.807) is 0 Å². The van der Waals surface area contributed by atoms with Crippen LogP contribution in [0.2, 0.25) is 0 Å². The lowest BCUT2D eigenvalue weighted by atomic mass is 10.1. The first-order valence-electron chi connectivity index (χ1n) is 19.6. The minimum absolute atomic E-state index is 0.247. The Kier molecular flexibility index (Phi) is 32.2. The van der Waals surface area contributed by atoms with E-state index in [-0.39, 0.29) is 12.2 Å². The van der Waals surface area contributed by atoms with Crippen molar-refractivity contribution in [2.75, 3.05) is 26.3 Å². The minimum atomic E-state index is 0.247. The molecular weight excluding hydrogens is 526 g/mol. The van der Waals surface area contributed by atoms with Gasteiger partial charge in [-0.25, -0.2) is 0 Å². The van der Waals surface area contributed by atoms with E-state index < -0.39 is 0 Å². The van der Waals surface area contributed by atoms with E-state index in [1.807, 2.05) is 0 Å². The molecule has 0 saturated carbocycles. The van der Waals surface area contributed by atoms with Crippen LogP contribution in [0.1, 0.15) is 194 Å². The Hall–Kier alpha value is -0.640. The van der Waals surface area contributed by atoms with Gasteiger partial charge in [0.15, 0.2) is 0 Å². The molecule has 2 atom stereocenters. The summed E-state index contributed by atoms with van der Waals surface area (Å²) in [6.07, 6.45) is 48.0. The van der Waals surface area contributed by atoms with Crippen LogP contribution in [0.3, 0.4) is 0 Å². The molecule has 3 heteroatoms. The lowest BCUT2D eigenvalue weighted by molar-refractivity contribution is -0.0481. The summed E-state index contributed by atoms with van der Waals surface area (Å²) in [5.74, 6) is 0. The fourth-order valence-electron chi connectivity index (χ4n) is 6.13. The van der Waals surface area contributed by atoms with Crippen LogP contribution in [0, 0.1) is 0 Å². The second-order valence-electron chi connectivity index (χ2n) is 13.4. The van der Waals surface area contributed by atoms with E-state index in [4.69, 9.17) is 9.47 Å². The maximum Gasteiger partial charge on any atom is 0.0973 e. The Morgan fingerprint density at radius 2 is 0.674 bits per heavy atom. The van der Waals surface area contributed by atoms with Crippen molar-refractivity contribution in [2.45, 2.75) is 206 Å². The number of ether oxygens (including phenoxy) is 2. The molecule has 1 heterocycles. The molecule has 1 unspecified atom stereocenters. The standard InChI is InChI=1S/C40H77NO2/c1-3-5-7-9-11-13-15-17-19-21-23-25-27-29-31-33-35-42-39-37-41-38-40(39)43-36-34-32-30-28-26-24-22-20-18-16-14-12-10-8-6-4-2/h17-20,39-41H,3-16,21-38H2,1-2H3/t39-,40?/m1/s1. The van der Waals surface area contributed by atoms with E-state index in [2.05, 4.69) is 43.5 Å². The molecule has 1 fully saturated rings. The van der Waals surface area contributed by atoms with E-state index in [0.717, 1.165) is 26.3 Å². The molecule has 0 aliphatic carbocycles. The second-order valence-corrected chi connectivity index (χ2v) is 13.4. The summed E-state index contributed by atoms with van der Waals surface area (Å²) in [4.78, 5) is 0. The first-order chi connectivity index (χ1) is 21.4. The van der Waals surface area contributed by atoms with E-state index >= 15 is 0 Å². The zero-order chi connectivity index (χ0) is 30.7. The predicted octanol–water partition coefficient (Wildman–Crippen LogP) is 12.4. The molecule has 1 rings (SSSR count). The van der Waals surface area contributed by atoms with E-state index in [0.29, 0.717) is 0 Å². The predicted molar refractivity (Wildman–Crippen MR) is 191 cm³/mol. The number of rotatable bonds is 34. The number of unbranched alkanes of at least 4 members (excludes halogenated alkanes) is 24. The highest BCUT2D eigenvalue weighted by Gasteiger charge is 2.28. The molecule has 0 amide bonds. The van der Waals surface area contributed by atoms with E-state index in [1.165, 1.54) is 180 Å². The number of allylic oxidation sites excluding steroid dienone is 4. The third-order valence-electron chi connectivity index (χ3n) is 9.08. The Labute approximate surface area is 270 Å². The Bertz CT molecular complexity index is 539. The van der Waals surface area contributed by atoms with Gasteiger partial charge in [0.2, 0.25) is 0 Å². The highest BCUT2D eigenvalue weighted by Crippen LogP contribution is 2.15. The molecule has 254 valence electrons. The fraction of sp³-hybridized carbons (Fsp3) is 0.900. The molecule has 0 bridgehead atoms. The van der Waals surface area contributed by atoms with Gasteiger partial charge in [-0.2, -0.15) is 0 Å². The van der Waals surface area contributed by atoms with Crippen molar-refractivity contribution in [3.05, 3.63) is 24.3 Å². The second kappa shape index (κ2) is 34.2. The molecule has 1 N–H and O–H groups in total. The van der Waals surface area contributed by atoms with Crippen molar-refractivity contribution in [1.29, 1.82) is 0 Å². The smallest absolute Gasteiger partial charge is 0.0973 e. The largest absolute Gasteiger partial charge is 0.374 e. The first kappa shape index (κ1) is 40.4. The van der Waals surface area contributed by atoms with Crippen LogP contribution in [0.4, 0.5) is 0 Å². The van der Waals surface area contributed by atoms with Crippen LogP contribution < -0.4 is 5.32 Å². The maximum absolute atomic E-state index is 6.22. The third-order valence-corrected chi connectivity index (χ3v) is 9.08. The average molecular weight is 604 g/mol. The summed E-state index contributed by atoms with van der Waals surface area (Å²) in [6.45, 7) is 8.26. The van der Waals surface area contributed by atoms with Gasteiger partial charge in [0, 0.05) is 26.3 Å². The van der Waals surface area contributed by atoms with Gasteiger partial charge in [-0.3, -0.25) is 0 Å². The van der Waals surface area contributed by atoms with Gasteiger partial charge in [0.05, 0.1) is 12.2 Å². The normalized spacial score (nSPS) is 17.3. The molecule has 1 aliphatic rings. The fourth-order valence-corrected chi connectivity index (χ4v) is 6.13. The van der Waals surface area contributed by atoms with Crippen molar-refractivity contribution in [2.24, 2.45) is 0 Å². The Morgan fingerprint density at radius 3 is 1.00 bits per heavy atom. The topological polar surface area (TPSA) is 30.5 Å². The molecule has 0 aromatic heterocycles. The quantitative estimate of drug-likeness (QED) is 0.0586. The molecule has 43 heavy (non-hydrogen) atoms. The SMILES string of the molecule is CCCCCCCCC=CCCCCCCCCOC1CNC[C@H]1OCCCCCCCCC=CCCCCCCCC. The average Bonchev–Trinajstić information content (AvgIpc) is 3.47. The van der Waals surface area contributed by atoms with Crippen LogP contribution in [0.15, 0.2) is 24.3 Å². The monoisotopic (exact) mass is 604 g/mol. The van der Waals surface area contributed by atoms with Crippen LogP contribution >= 0.6 is 0 Å². The first-order valence-corrected chi connectivity index (χ1v) is 19.6. The minimum Gasteiger partial charge on any atom is -0.374 e. The summed E-state index contributed by atoms with van der Waals surface area (Å²) >= 11 is 0. The molecule has 0 aromatic rings. The molecule has 1 aliphatic heterocycles. The van der Waals surface area contributed by atoms with Crippen LogP contribution in [-0.4, -0.2) is 38.5 Å². The van der Waals surface area contributed by atoms with Crippen molar-refractivity contribution in [1.82, 2.24) is 5.32 Å². The summed E-state index contributed by atoms with van der Waals surface area (Å²) < 4.78 is 12.4. The Balaban J connectivity index is 1.82. The van der Waals surface area contributed by atoms with Gasteiger partial charge in [0.25, 0.3) is 0 Å². The van der Waals surface area contributed by atoms with Crippen LogP contribution in [0.5, 0.6) is 0 Å². The Morgan fingerprint density at radius 1 is 0.395 bits per heavy atom. The lowest BCUT2D eigenvalue weighted by Gasteiger charge is -2.20. The molecule has 3 nitrogen and oxygen atoms in total. The van der Waals surface area contributed by atoms with Crippen LogP contribution in [-0.2, 0) is 9.47 Å². The van der Waals surface area contributed by atoms with Crippen molar-refractivity contribution < 1.29 is 9.47 Å². The van der Waals surface area contributed by atoms with Gasteiger partial charge < -0.3 is 14.8 Å². The van der Waals surface area contributed by atoms with Crippen molar-refractivity contribution in [3.63, 3.8) is 0 Å². The van der Waals surface area contributed by atoms with Gasteiger partial charge in [-0.05, 0) is 64.2 Å². The van der Waals surface area contributed by atoms with Crippen molar-refractivity contribution in [3.8, 4) is 0 Å². The summed E-state index contributed by atoms with van der Waals surface area (Å²) in [5.41, 5.74) is 0. The zero-order valence-corrected chi connectivity index (χ0v) is 29.4. The third kappa shape index (κ3) is 28.6. The zero-order valence-electron chi connectivity index (χ0n) is 29.4. The number of hydrogen-bond donors (Lipinski definition) is 1. The van der Waals surface area contributed by atoms with Gasteiger partial charge >= 0.3 is 0 Å². The molecule has 1 saturated heterocycles. The van der Waals surface area contributed by atoms with Gasteiger partial charge in [0.1, 0.15) is 0 Å². The summed E-state index contributed by atoms with van der Waals surface area (Å²) in [5, 5.41) is 3.47. The summed E-state index contributed by atoms with van der Waals surface area (Å²) in [7, 11) is 0. The molecule has 0 aromatic carbocycles. The maximum atomic E-state index is 6.22. The summed E-state index contributed by atoms with van der Waals surface area (Å²) in [6, 6.07) is 0. The lowest BCUT2D eigenvalue weighted by Crippen LogP contribution is -2.30. The van der Waals surface area contributed by atoms with Gasteiger partial charge in [-0.1, -0.05) is 154 Å². The highest BCUT2D eigenvalue weighted by atomic mass is 16.5. The number of hydrogen-bond acceptors (Lipinski definition) is 3. The molecule has 0 spiro atoms. The van der Waals surface area contributed by atoms with Crippen LogP contribution in [0.25, 0.3) is 0 Å². The highest BCUT2D eigenvalue weighted by molar-refractivity contribution is 4.83. The van der Waals surface area contributed by atoms with Gasteiger partial charge in [-0.15, -0.1) is 0 Å².